The minimum atomic E-state index is -0.695. The number of carbonyl (C=O) groups is 1. The van der Waals surface area contributed by atoms with Gasteiger partial charge in [-0.2, -0.15) is 4.68 Å². The quantitative estimate of drug-likeness (QED) is 0.482. The van der Waals surface area contributed by atoms with Gasteiger partial charge < -0.3 is 10.1 Å². The first kappa shape index (κ1) is 12.9. The van der Waals surface area contributed by atoms with E-state index in [9.17, 15) is 19.3 Å². The van der Waals surface area contributed by atoms with Crippen molar-refractivity contribution in [2.75, 3.05) is 0 Å². The Balaban J connectivity index is 2.22. The number of halogens is 1. The lowest BCUT2D eigenvalue weighted by atomic mass is 10.1. The SMILES string of the molecule is CC(C(=O)c1ccc(F)cc1)n1ccc([N+](=O)[O-])n1. The predicted octanol–water partition coefficient (Wildman–Crippen LogP) is 2.37. The maximum absolute atomic E-state index is 12.8. The summed E-state index contributed by atoms with van der Waals surface area (Å²) in [6, 6.07) is 5.63. The molecular weight excluding hydrogens is 253 g/mol. The van der Waals surface area contributed by atoms with Crippen molar-refractivity contribution in [3.8, 4) is 0 Å². The normalized spacial score (nSPS) is 12.1. The van der Waals surface area contributed by atoms with E-state index in [4.69, 9.17) is 0 Å². The van der Waals surface area contributed by atoms with Crippen molar-refractivity contribution in [1.29, 1.82) is 0 Å². The van der Waals surface area contributed by atoms with E-state index < -0.39 is 16.8 Å². The highest BCUT2D eigenvalue weighted by molar-refractivity contribution is 5.98. The Labute approximate surface area is 107 Å². The van der Waals surface area contributed by atoms with Crippen LogP contribution in [0.3, 0.4) is 0 Å². The maximum Gasteiger partial charge on any atom is 0.389 e. The molecule has 0 radical (unpaired) electrons. The third-order valence-electron chi connectivity index (χ3n) is 2.69. The van der Waals surface area contributed by atoms with E-state index in [0.29, 0.717) is 5.56 Å². The highest BCUT2D eigenvalue weighted by Crippen LogP contribution is 2.16. The topological polar surface area (TPSA) is 78.0 Å². The Morgan fingerprint density at radius 3 is 2.53 bits per heavy atom. The van der Waals surface area contributed by atoms with Crippen molar-refractivity contribution < 1.29 is 14.1 Å². The first-order chi connectivity index (χ1) is 8.99. The summed E-state index contributed by atoms with van der Waals surface area (Å²) in [4.78, 5) is 22.0. The van der Waals surface area contributed by atoms with Crippen LogP contribution in [-0.2, 0) is 0 Å². The van der Waals surface area contributed by atoms with Crippen LogP contribution >= 0.6 is 0 Å². The zero-order valence-electron chi connectivity index (χ0n) is 9.99. The first-order valence-corrected chi connectivity index (χ1v) is 5.48. The summed E-state index contributed by atoms with van der Waals surface area (Å²) < 4.78 is 14.0. The van der Waals surface area contributed by atoms with Crippen molar-refractivity contribution in [2.24, 2.45) is 0 Å². The molecular formula is C12H10FN3O3. The number of hydrogen-bond acceptors (Lipinski definition) is 4. The van der Waals surface area contributed by atoms with Crippen LogP contribution in [0.1, 0.15) is 23.3 Å². The third-order valence-corrected chi connectivity index (χ3v) is 2.69. The summed E-state index contributed by atoms with van der Waals surface area (Å²) in [5.74, 6) is -1.05. The first-order valence-electron chi connectivity index (χ1n) is 5.48. The van der Waals surface area contributed by atoms with Crippen LogP contribution in [0.2, 0.25) is 0 Å². The van der Waals surface area contributed by atoms with Gasteiger partial charge in [-0.05, 0) is 36.1 Å². The molecule has 2 rings (SSSR count). The molecule has 1 aromatic carbocycles. The summed E-state index contributed by atoms with van der Waals surface area (Å²) >= 11 is 0. The van der Waals surface area contributed by atoms with E-state index in [2.05, 4.69) is 5.10 Å². The van der Waals surface area contributed by atoms with Gasteiger partial charge in [-0.15, -0.1) is 0 Å². The smallest absolute Gasteiger partial charge is 0.358 e. The molecule has 1 heterocycles. The van der Waals surface area contributed by atoms with Gasteiger partial charge in [0.25, 0.3) is 0 Å². The number of carbonyl (C=O) groups excluding carboxylic acids is 1. The fourth-order valence-corrected chi connectivity index (χ4v) is 1.62. The highest BCUT2D eigenvalue weighted by atomic mass is 19.1. The molecule has 0 amide bonds. The Morgan fingerprint density at radius 2 is 2.00 bits per heavy atom. The summed E-state index contributed by atoms with van der Waals surface area (Å²) in [6.07, 6.45) is 1.37. The number of benzene rings is 1. The fourth-order valence-electron chi connectivity index (χ4n) is 1.62. The Morgan fingerprint density at radius 1 is 1.37 bits per heavy atom. The second-order valence-electron chi connectivity index (χ2n) is 3.96. The monoisotopic (exact) mass is 263 g/mol. The van der Waals surface area contributed by atoms with E-state index >= 15 is 0 Å². The van der Waals surface area contributed by atoms with Crippen LogP contribution in [0.5, 0.6) is 0 Å². The molecule has 98 valence electrons. The number of nitro groups is 1. The number of ketones is 1. The van der Waals surface area contributed by atoms with Crippen LogP contribution in [0.25, 0.3) is 0 Å². The molecule has 0 aliphatic rings. The standard InChI is InChI=1S/C12H10FN3O3/c1-8(15-7-6-11(14-15)16(18)19)12(17)9-2-4-10(13)5-3-9/h2-8H,1H3. The van der Waals surface area contributed by atoms with E-state index in [1.54, 1.807) is 6.92 Å². The molecule has 1 aromatic heterocycles. The number of Topliss-reactive ketones (excluding diaryl/α,β-unsaturated/α-hetero) is 1. The molecule has 0 aliphatic heterocycles. The number of nitrogens with zero attached hydrogens (tertiary/aromatic N) is 3. The van der Waals surface area contributed by atoms with Gasteiger partial charge in [0.05, 0.1) is 17.4 Å². The van der Waals surface area contributed by atoms with Crippen LogP contribution in [0, 0.1) is 15.9 Å². The third kappa shape index (κ3) is 2.65. The molecule has 0 bridgehead atoms. The number of hydrogen-bond donors (Lipinski definition) is 0. The van der Waals surface area contributed by atoms with Gasteiger partial charge in [-0.25, -0.2) is 4.39 Å². The predicted molar refractivity (Wildman–Crippen MR) is 64.3 cm³/mol. The minimum Gasteiger partial charge on any atom is -0.358 e. The summed E-state index contributed by atoms with van der Waals surface area (Å²) in [6.45, 7) is 1.57. The summed E-state index contributed by atoms with van der Waals surface area (Å²) in [5, 5.41) is 14.2. The van der Waals surface area contributed by atoms with Gasteiger partial charge >= 0.3 is 5.82 Å². The van der Waals surface area contributed by atoms with Gasteiger partial charge in [0.15, 0.2) is 5.78 Å². The van der Waals surface area contributed by atoms with Gasteiger partial charge in [-0.3, -0.25) is 4.79 Å². The average molecular weight is 263 g/mol. The molecule has 1 unspecified atom stereocenters. The average Bonchev–Trinajstić information content (AvgIpc) is 2.87. The summed E-state index contributed by atoms with van der Waals surface area (Å²) in [5.41, 5.74) is 0.326. The molecule has 0 saturated carbocycles. The molecule has 0 aliphatic carbocycles. The van der Waals surface area contributed by atoms with Gasteiger partial charge in [0, 0.05) is 5.56 Å². The Kier molecular flexibility index (Phi) is 3.37. The molecule has 1 atom stereocenters. The lowest BCUT2D eigenvalue weighted by molar-refractivity contribution is -0.389. The van der Waals surface area contributed by atoms with Crippen molar-refractivity contribution in [3.05, 3.63) is 58.0 Å². The molecule has 0 saturated heterocycles. The van der Waals surface area contributed by atoms with E-state index in [0.717, 1.165) is 0 Å². The van der Waals surface area contributed by atoms with E-state index in [1.165, 1.54) is 41.2 Å². The lowest BCUT2D eigenvalue weighted by Crippen LogP contribution is -2.17. The molecule has 7 heteroatoms. The van der Waals surface area contributed by atoms with Crippen LogP contribution in [0.15, 0.2) is 36.5 Å². The zero-order valence-corrected chi connectivity index (χ0v) is 9.99. The van der Waals surface area contributed by atoms with Gasteiger partial charge in [-0.1, -0.05) is 0 Å². The number of rotatable bonds is 4. The Bertz CT molecular complexity index is 621. The fraction of sp³-hybridized carbons (Fsp3) is 0.167. The molecule has 0 N–H and O–H groups in total. The van der Waals surface area contributed by atoms with Crippen molar-refractivity contribution in [3.63, 3.8) is 0 Å². The van der Waals surface area contributed by atoms with Crippen LogP contribution < -0.4 is 0 Å². The molecule has 19 heavy (non-hydrogen) atoms. The van der Waals surface area contributed by atoms with Crippen molar-refractivity contribution >= 4 is 11.6 Å². The lowest BCUT2D eigenvalue weighted by Gasteiger charge is -2.07. The van der Waals surface area contributed by atoms with Crippen molar-refractivity contribution in [1.82, 2.24) is 9.78 Å². The van der Waals surface area contributed by atoms with E-state index in [1.807, 2.05) is 0 Å². The van der Waals surface area contributed by atoms with Crippen molar-refractivity contribution in [2.45, 2.75) is 13.0 Å². The second-order valence-corrected chi connectivity index (χ2v) is 3.96. The minimum absolute atomic E-state index is 0.294. The largest absolute Gasteiger partial charge is 0.389 e. The number of aromatic nitrogens is 2. The molecule has 0 fully saturated rings. The molecule has 0 spiro atoms. The van der Waals surface area contributed by atoms with E-state index in [-0.39, 0.29) is 11.6 Å². The maximum atomic E-state index is 12.8. The molecule has 6 nitrogen and oxygen atoms in total. The highest BCUT2D eigenvalue weighted by Gasteiger charge is 2.22. The van der Waals surface area contributed by atoms with Crippen LogP contribution in [0.4, 0.5) is 10.2 Å². The van der Waals surface area contributed by atoms with Gasteiger partial charge in [0.1, 0.15) is 11.9 Å². The zero-order chi connectivity index (χ0) is 14.0. The van der Waals surface area contributed by atoms with Crippen LogP contribution in [-0.4, -0.2) is 20.5 Å². The molecule has 2 aromatic rings. The second kappa shape index (κ2) is 4.97. The summed E-state index contributed by atoms with van der Waals surface area (Å²) in [7, 11) is 0. The van der Waals surface area contributed by atoms with Gasteiger partial charge in [0.2, 0.25) is 0 Å². The Hall–Kier alpha value is -2.57.